The van der Waals surface area contributed by atoms with Gasteiger partial charge in [0.25, 0.3) is 5.91 Å². The van der Waals surface area contributed by atoms with Crippen molar-refractivity contribution in [3.63, 3.8) is 0 Å². The fourth-order valence-corrected chi connectivity index (χ4v) is 2.98. The molecular formula is C17H16ClN3O4S. The maximum atomic E-state index is 12.3. The van der Waals surface area contributed by atoms with E-state index in [-0.39, 0.29) is 5.56 Å². The lowest BCUT2D eigenvalue weighted by Crippen LogP contribution is -2.41. The summed E-state index contributed by atoms with van der Waals surface area (Å²) in [5, 5.41) is 5.37. The van der Waals surface area contributed by atoms with Crippen molar-refractivity contribution < 1.29 is 19.1 Å². The summed E-state index contributed by atoms with van der Waals surface area (Å²) >= 11 is 7.34. The van der Waals surface area contributed by atoms with Gasteiger partial charge in [-0.05, 0) is 31.2 Å². The standard InChI is InChI=1S/C17H16ClN3O4S/c1-2-19-17(24)21-14(22)10-25-16(23)11-6-5-9-20-15(11)26-13-8-4-3-7-12(13)18/h3-9H,2,10H2,1H3,(H2,19,21,22,24). The van der Waals surface area contributed by atoms with Gasteiger partial charge in [-0.15, -0.1) is 0 Å². The molecule has 3 amide bonds. The van der Waals surface area contributed by atoms with Crippen molar-refractivity contribution in [3.8, 4) is 0 Å². The van der Waals surface area contributed by atoms with Crippen LogP contribution in [0.4, 0.5) is 4.79 Å². The lowest BCUT2D eigenvalue weighted by molar-refractivity contribution is -0.123. The van der Waals surface area contributed by atoms with Gasteiger partial charge >= 0.3 is 12.0 Å². The minimum absolute atomic E-state index is 0.197. The number of rotatable bonds is 6. The number of carbonyl (C=O) groups excluding carboxylic acids is 3. The number of benzene rings is 1. The Bertz CT molecular complexity index is 816. The lowest BCUT2D eigenvalue weighted by Gasteiger charge is -2.09. The molecule has 0 saturated heterocycles. The second-order valence-corrected chi connectivity index (χ2v) is 6.31. The SMILES string of the molecule is CCNC(=O)NC(=O)COC(=O)c1cccnc1Sc1ccccc1Cl. The summed E-state index contributed by atoms with van der Waals surface area (Å²) in [6.45, 7) is 1.50. The Kier molecular flexibility index (Phi) is 7.43. The van der Waals surface area contributed by atoms with E-state index in [9.17, 15) is 14.4 Å². The maximum Gasteiger partial charge on any atom is 0.341 e. The quantitative estimate of drug-likeness (QED) is 0.732. The molecule has 26 heavy (non-hydrogen) atoms. The zero-order chi connectivity index (χ0) is 18.9. The zero-order valence-corrected chi connectivity index (χ0v) is 15.4. The number of halogens is 1. The molecule has 1 aromatic carbocycles. The van der Waals surface area contributed by atoms with Gasteiger partial charge in [0.1, 0.15) is 5.03 Å². The summed E-state index contributed by atoms with van der Waals surface area (Å²) in [4.78, 5) is 40.0. The maximum absolute atomic E-state index is 12.3. The molecule has 0 atom stereocenters. The largest absolute Gasteiger partial charge is 0.452 e. The Balaban J connectivity index is 2.02. The first kappa shape index (κ1) is 19.7. The van der Waals surface area contributed by atoms with Crippen LogP contribution in [-0.4, -0.2) is 36.0 Å². The van der Waals surface area contributed by atoms with E-state index in [0.29, 0.717) is 16.6 Å². The highest BCUT2D eigenvalue weighted by Gasteiger charge is 2.17. The fourth-order valence-electron chi connectivity index (χ4n) is 1.84. The smallest absolute Gasteiger partial charge is 0.341 e. The van der Waals surface area contributed by atoms with Crippen molar-refractivity contribution in [1.82, 2.24) is 15.6 Å². The van der Waals surface area contributed by atoms with Gasteiger partial charge in [0, 0.05) is 17.6 Å². The van der Waals surface area contributed by atoms with Crippen LogP contribution in [0.2, 0.25) is 5.02 Å². The second kappa shape index (κ2) is 9.79. The molecule has 9 heteroatoms. The van der Waals surface area contributed by atoms with E-state index in [1.165, 1.54) is 24.0 Å². The van der Waals surface area contributed by atoms with E-state index in [0.717, 1.165) is 4.90 Å². The molecule has 0 aliphatic heterocycles. The van der Waals surface area contributed by atoms with Crippen LogP contribution in [0, 0.1) is 0 Å². The third-order valence-corrected chi connectivity index (χ3v) is 4.50. The number of hydrogen-bond acceptors (Lipinski definition) is 6. The van der Waals surface area contributed by atoms with E-state index in [1.54, 1.807) is 31.2 Å². The molecule has 7 nitrogen and oxygen atoms in total. The van der Waals surface area contributed by atoms with E-state index < -0.39 is 24.5 Å². The Hall–Kier alpha value is -2.58. The van der Waals surface area contributed by atoms with Crippen LogP contribution in [0.5, 0.6) is 0 Å². The number of esters is 1. The van der Waals surface area contributed by atoms with Gasteiger partial charge in [0.05, 0.1) is 10.6 Å². The molecule has 0 saturated carbocycles. The Morgan fingerprint density at radius 1 is 1.19 bits per heavy atom. The minimum atomic E-state index is -0.728. The number of amides is 3. The first-order valence-electron chi connectivity index (χ1n) is 7.63. The van der Waals surface area contributed by atoms with Crippen LogP contribution < -0.4 is 10.6 Å². The third kappa shape index (κ3) is 5.75. The molecule has 136 valence electrons. The summed E-state index contributed by atoms with van der Waals surface area (Å²) in [6, 6.07) is 9.63. The van der Waals surface area contributed by atoms with Crippen LogP contribution >= 0.6 is 23.4 Å². The average Bonchev–Trinajstić information content (AvgIpc) is 2.62. The second-order valence-electron chi connectivity index (χ2n) is 4.87. The Morgan fingerprint density at radius 3 is 2.69 bits per heavy atom. The van der Waals surface area contributed by atoms with Crippen LogP contribution in [0.25, 0.3) is 0 Å². The van der Waals surface area contributed by atoms with Crippen molar-refractivity contribution in [2.24, 2.45) is 0 Å². The molecule has 0 fully saturated rings. The highest BCUT2D eigenvalue weighted by atomic mass is 35.5. The molecule has 0 unspecified atom stereocenters. The fraction of sp³-hybridized carbons (Fsp3) is 0.176. The molecule has 0 radical (unpaired) electrons. The van der Waals surface area contributed by atoms with Crippen LogP contribution in [-0.2, 0) is 9.53 Å². The number of imide groups is 1. The zero-order valence-electron chi connectivity index (χ0n) is 13.8. The predicted molar refractivity (Wildman–Crippen MR) is 97.3 cm³/mol. The first-order valence-corrected chi connectivity index (χ1v) is 8.83. The number of carbonyl (C=O) groups is 3. The molecule has 2 rings (SSSR count). The van der Waals surface area contributed by atoms with Gasteiger partial charge < -0.3 is 10.1 Å². The number of aromatic nitrogens is 1. The van der Waals surface area contributed by atoms with E-state index in [2.05, 4.69) is 10.3 Å². The normalized spacial score (nSPS) is 10.1. The molecule has 2 N–H and O–H groups in total. The molecule has 0 bridgehead atoms. The molecule has 1 aromatic heterocycles. The van der Waals surface area contributed by atoms with Gasteiger partial charge in [0.15, 0.2) is 6.61 Å². The number of urea groups is 1. The Labute approximate surface area is 159 Å². The molecule has 0 aliphatic carbocycles. The Morgan fingerprint density at radius 2 is 1.96 bits per heavy atom. The van der Waals surface area contributed by atoms with E-state index in [1.807, 2.05) is 11.4 Å². The van der Waals surface area contributed by atoms with E-state index >= 15 is 0 Å². The van der Waals surface area contributed by atoms with Gasteiger partial charge in [-0.2, -0.15) is 0 Å². The summed E-state index contributed by atoms with van der Waals surface area (Å²) in [7, 11) is 0. The minimum Gasteiger partial charge on any atom is -0.452 e. The molecule has 2 aromatic rings. The topological polar surface area (TPSA) is 97.4 Å². The van der Waals surface area contributed by atoms with Gasteiger partial charge in [-0.25, -0.2) is 14.6 Å². The van der Waals surface area contributed by atoms with Crippen molar-refractivity contribution >= 4 is 41.3 Å². The van der Waals surface area contributed by atoms with Crippen molar-refractivity contribution in [1.29, 1.82) is 0 Å². The third-order valence-electron chi connectivity index (χ3n) is 2.96. The average molecular weight is 394 g/mol. The summed E-state index contributed by atoms with van der Waals surface area (Å²) < 4.78 is 4.96. The van der Waals surface area contributed by atoms with Crippen molar-refractivity contribution in [2.75, 3.05) is 13.2 Å². The molecule has 0 spiro atoms. The first-order chi connectivity index (χ1) is 12.5. The number of hydrogen-bond donors (Lipinski definition) is 2. The highest BCUT2D eigenvalue weighted by Crippen LogP contribution is 2.33. The van der Waals surface area contributed by atoms with Gasteiger partial charge in [0.2, 0.25) is 0 Å². The predicted octanol–water partition coefficient (Wildman–Crippen LogP) is 2.89. The van der Waals surface area contributed by atoms with Gasteiger partial charge in [-0.3, -0.25) is 10.1 Å². The lowest BCUT2D eigenvalue weighted by atomic mass is 10.3. The van der Waals surface area contributed by atoms with Crippen LogP contribution in [0.15, 0.2) is 52.5 Å². The molecular weight excluding hydrogens is 378 g/mol. The summed E-state index contributed by atoms with van der Waals surface area (Å²) in [5.74, 6) is -1.45. The number of nitrogens with one attached hydrogen (secondary N) is 2. The monoisotopic (exact) mass is 393 g/mol. The summed E-state index contributed by atoms with van der Waals surface area (Å²) in [5.41, 5.74) is 0.197. The number of pyridine rings is 1. The highest BCUT2D eigenvalue weighted by molar-refractivity contribution is 7.99. The summed E-state index contributed by atoms with van der Waals surface area (Å²) in [6.07, 6.45) is 1.54. The van der Waals surface area contributed by atoms with Crippen LogP contribution in [0.3, 0.4) is 0 Å². The van der Waals surface area contributed by atoms with Crippen LogP contribution in [0.1, 0.15) is 17.3 Å². The number of nitrogens with zero attached hydrogens (tertiary/aromatic N) is 1. The number of ether oxygens (including phenoxy) is 1. The van der Waals surface area contributed by atoms with Crippen molar-refractivity contribution in [3.05, 3.63) is 53.2 Å². The van der Waals surface area contributed by atoms with E-state index in [4.69, 9.17) is 16.3 Å². The molecule has 0 aliphatic rings. The molecule has 1 heterocycles. The van der Waals surface area contributed by atoms with Crippen molar-refractivity contribution in [2.45, 2.75) is 16.8 Å². The van der Waals surface area contributed by atoms with Gasteiger partial charge in [-0.1, -0.05) is 35.5 Å².